The number of nitrogens with two attached hydrogens (primary N) is 1. The Kier molecular flexibility index (Phi) is 4.36. The highest BCUT2D eigenvalue weighted by molar-refractivity contribution is 7.09. The van der Waals surface area contributed by atoms with Crippen LogP contribution in [0.5, 0.6) is 5.75 Å². The molecular weight excluding hydrogens is 274 g/mol. The molecule has 2 rings (SSSR count). The number of benzene rings is 1. The Morgan fingerprint density at radius 3 is 2.90 bits per heavy atom. The lowest BCUT2D eigenvalue weighted by Crippen LogP contribution is -2.26. The minimum atomic E-state index is -0.169. The normalized spacial score (nSPS) is 12.2. The molecule has 0 saturated heterocycles. The highest BCUT2D eigenvalue weighted by Gasteiger charge is 2.17. The van der Waals surface area contributed by atoms with E-state index in [1.54, 1.807) is 35.5 Å². The Labute approximate surface area is 121 Å². The van der Waals surface area contributed by atoms with E-state index in [9.17, 15) is 9.90 Å². The predicted octanol–water partition coefficient (Wildman–Crippen LogP) is 2.14. The minimum absolute atomic E-state index is 0.156. The summed E-state index contributed by atoms with van der Waals surface area (Å²) in [5.74, 6) is 0.0349. The van der Waals surface area contributed by atoms with Gasteiger partial charge >= 0.3 is 0 Å². The molecule has 3 N–H and O–H groups in total. The van der Waals surface area contributed by atoms with Crippen LogP contribution in [0.25, 0.3) is 0 Å². The molecular formula is C14H17N3O2S. The van der Waals surface area contributed by atoms with Gasteiger partial charge < -0.3 is 15.7 Å². The highest BCUT2D eigenvalue weighted by Crippen LogP contribution is 2.18. The van der Waals surface area contributed by atoms with E-state index in [0.29, 0.717) is 12.2 Å². The molecule has 1 aromatic carbocycles. The largest absolute Gasteiger partial charge is 0.508 e. The van der Waals surface area contributed by atoms with E-state index >= 15 is 0 Å². The molecule has 0 bridgehead atoms. The molecule has 0 aliphatic heterocycles. The summed E-state index contributed by atoms with van der Waals surface area (Å²) in [6.07, 6.45) is 0. The van der Waals surface area contributed by atoms with Crippen molar-refractivity contribution in [3.63, 3.8) is 0 Å². The van der Waals surface area contributed by atoms with E-state index in [1.165, 1.54) is 11.3 Å². The maximum atomic E-state index is 12.2. The summed E-state index contributed by atoms with van der Waals surface area (Å²) in [5.41, 5.74) is 7.01. The fourth-order valence-electron chi connectivity index (χ4n) is 1.79. The van der Waals surface area contributed by atoms with Gasteiger partial charge in [-0.2, -0.15) is 0 Å². The molecule has 1 unspecified atom stereocenters. The molecule has 1 amide bonds. The maximum absolute atomic E-state index is 12.2. The first-order valence-corrected chi connectivity index (χ1v) is 7.09. The van der Waals surface area contributed by atoms with Gasteiger partial charge in [-0.05, 0) is 24.6 Å². The van der Waals surface area contributed by atoms with Gasteiger partial charge in [-0.25, -0.2) is 4.98 Å². The van der Waals surface area contributed by atoms with Gasteiger partial charge in [0, 0.05) is 19.0 Å². The lowest BCUT2D eigenvalue weighted by Gasteiger charge is -2.16. The number of hydrogen-bond acceptors (Lipinski definition) is 5. The van der Waals surface area contributed by atoms with Gasteiger partial charge in [-0.1, -0.05) is 12.1 Å². The van der Waals surface area contributed by atoms with Crippen LogP contribution < -0.4 is 5.73 Å². The molecule has 20 heavy (non-hydrogen) atoms. The molecule has 0 radical (unpaired) electrons. The topological polar surface area (TPSA) is 79.5 Å². The first-order valence-electron chi connectivity index (χ1n) is 6.21. The number of aromatic hydroxyl groups is 1. The smallest absolute Gasteiger partial charge is 0.273 e. The zero-order valence-corrected chi connectivity index (χ0v) is 12.2. The average molecular weight is 291 g/mol. The summed E-state index contributed by atoms with van der Waals surface area (Å²) in [6.45, 7) is 2.25. The number of amides is 1. The van der Waals surface area contributed by atoms with Gasteiger partial charge in [-0.15, -0.1) is 11.3 Å². The van der Waals surface area contributed by atoms with E-state index in [2.05, 4.69) is 4.98 Å². The van der Waals surface area contributed by atoms with E-state index in [1.807, 2.05) is 13.0 Å². The third-order valence-corrected chi connectivity index (χ3v) is 3.85. The number of thiazole rings is 1. The molecule has 2 aromatic rings. The molecule has 5 nitrogen and oxygen atoms in total. The molecule has 106 valence electrons. The Morgan fingerprint density at radius 2 is 2.30 bits per heavy atom. The van der Waals surface area contributed by atoms with Gasteiger partial charge in [-0.3, -0.25) is 4.79 Å². The standard InChI is InChI=1S/C14H17N3O2S/c1-9(15)13-16-12(8-20-13)14(19)17(2)7-10-4-3-5-11(18)6-10/h3-6,8-9,18H,7,15H2,1-2H3. The molecule has 6 heteroatoms. The fraction of sp³-hybridized carbons (Fsp3) is 0.286. The van der Waals surface area contributed by atoms with Gasteiger partial charge in [0.15, 0.2) is 0 Å². The second kappa shape index (κ2) is 6.02. The van der Waals surface area contributed by atoms with Crippen LogP contribution in [-0.2, 0) is 6.54 Å². The number of phenols is 1. The second-order valence-corrected chi connectivity index (χ2v) is 5.58. The number of hydrogen-bond donors (Lipinski definition) is 2. The van der Waals surface area contributed by atoms with Crippen molar-refractivity contribution in [3.05, 3.63) is 45.9 Å². The Bertz CT molecular complexity index is 610. The van der Waals surface area contributed by atoms with Crippen LogP contribution in [0.15, 0.2) is 29.6 Å². The maximum Gasteiger partial charge on any atom is 0.273 e. The lowest BCUT2D eigenvalue weighted by molar-refractivity contribution is 0.0779. The summed E-state index contributed by atoms with van der Waals surface area (Å²) in [5, 5.41) is 11.9. The van der Waals surface area contributed by atoms with Crippen molar-refractivity contribution in [2.45, 2.75) is 19.5 Å². The van der Waals surface area contributed by atoms with Crippen LogP contribution in [0.1, 0.15) is 34.0 Å². The van der Waals surface area contributed by atoms with Gasteiger partial charge in [0.1, 0.15) is 16.5 Å². The predicted molar refractivity (Wildman–Crippen MR) is 78.6 cm³/mol. The van der Waals surface area contributed by atoms with E-state index in [-0.39, 0.29) is 17.7 Å². The Morgan fingerprint density at radius 1 is 1.55 bits per heavy atom. The molecule has 0 saturated carbocycles. The molecule has 0 aliphatic rings. The summed E-state index contributed by atoms with van der Waals surface area (Å²) < 4.78 is 0. The van der Waals surface area contributed by atoms with Crippen molar-refractivity contribution < 1.29 is 9.90 Å². The summed E-state index contributed by atoms with van der Waals surface area (Å²) >= 11 is 1.39. The van der Waals surface area contributed by atoms with Gasteiger partial charge in [0.05, 0.1) is 6.04 Å². The third kappa shape index (κ3) is 3.34. The Hall–Kier alpha value is -1.92. The number of carbonyl (C=O) groups is 1. The van der Waals surface area contributed by atoms with Crippen LogP contribution in [0.3, 0.4) is 0 Å². The zero-order chi connectivity index (χ0) is 14.7. The minimum Gasteiger partial charge on any atom is -0.508 e. The van der Waals surface area contributed by atoms with Gasteiger partial charge in [0.2, 0.25) is 0 Å². The van der Waals surface area contributed by atoms with Crippen molar-refractivity contribution >= 4 is 17.2 Å². The number of carbonyl (C=O) groups excluding carboxylic acids is 1. The monoisotopic (exact) mass is 291 g/mol. The van der Waals surface area contributed by atoms with Crippen LogP contribution in [0.2, 0.25) is 0 Å². The average Bonchev–Trinajstić information content (AvgIpc) is 2.87. The Balaban J connectivity index is 2.08. The molecule has 1 atom stereocenters. The summed E-state index contributed by atoms with van der Waals surface area (Å²) in [4.78, 5) is 18.0. The number of rotatable bonds is 4. The molecule has 1 heterocycles. The quantitative estimate of drug-likeness (QED) is 0.904. The number of phenolic OH excluding ortho intramolecular Hbond substituents is 1. The first-order chi connectivity index (χ1) is 9.47. The van der Waals surface area contributed by atoms with Gasteiger partial charge in [0.25, 0.3) is 5.91 Å². The molecule has 1 aromatic heterocycles. The van der Waals surface area contributed by atoms with E-state index in [4.69, 9.17) is 5.73 Å². The van der Waals surface area contributed by atoms with Crippen molar-refractivity contribution in [1.29, 1.82) is 0 Å². The second-order valence-electron chi connectivity index (χ2n) is 4.69. The van der Waals surface area contributed by atoms with Crippen LogP contribution >= 0.6 is 11.3 Å². The zero-order valence-electron chi connectivity index (χ0n) is 11.4. The lowest BCUT2D eigenvalue weighted by atomic mass is 10.2. The third-order valence-electron chi connectivity index (χ3n) is 2.81. The van der Waals surface area contributed by atoms with Crippen LogP contribution in [0, 0.1) is 0 Å². The molecule has 0 aliphatic carbocycles. The summed E-state index contributed by atoms with van der Waals surface area (Å²) in [6, 6.07) is 6.68. The van der Waals surface area contributed by atoms with Crippen molar-refractivity contribution in [2.24, 2.45) is 5.73 Å². The van der Waals surface area contributed by atoms with Crippen LogP contribution in [0.4, 0.5) is 0 Å². The first kappa shape index (κ1) is 14.5. The molecule has 0 fully saturated rings. The van der Waals surface area contributed by atoms with Crippen molar-refractivity contribution in [2.75, 3.05) is 7.05 Å². The van der Waals surface area contributed by atoms with E-state index in [0.717, 1.165) is 10.6 Å². The van der Waals surface area contributed by atoms with Crippen LogP contribution in [-0.4, -0.2) is 27.9 Å². The van der Waals surface area contributed by atoms with E-state index < -0.39 is 0 Å². The summed E-state index contributed by atoms with van der Waals surface area (Å²) in [7, 11) is 1.71. The SMILES string of the molecule is CC(N)c1nc(C(=O)N(C)Cc2cccc(O)c2)cs1. The van der Waals surface area contributed by atoms with Crippen molar-refractivity contribution in [1.82, 2.24) is 9.88 Å². The highest BCUT2D eigenvalue weighted by atomic mass is 32.1. The number of aromatic nitrogens is 1. The number of nitrogens with zero attached hydrogens (tertiary/aromatic N) is 2. The molecule has 0 spiro atoms. The fourth-order valence-corrected chi connectivity index (χ4v) is 2.54. The van der Waals surface area contributed by atoms with Crippen molar-refractivity contribution in [3.8, 4) is 5.75 Å².